The molecule has 0 saturated heterocycles. The Morgan fingerprint density at radius 3 is 2.17 bits per heavy atom. The first-order chi connectivity index (χ1) is 2.56. The van der Waals surface area contributed by atoms with E-state index in [4.69, 9.17) is 0 Å². The molecule has 0 aliphatic heterocycles. The number of rotatable bonds is 1. The van der Waals surface area contributed by atoms with Gasteiger partial charge in [0.1, 0.15) is 0 Å². The van der Waals surface area contributed by atoms with Crippen molar-refractivity contribution in [2.45, 2.75) is 6.92 Å². The van der Waals surface area contributed by atoms with Crippen LogP contribution in [0, 0.1) is 0 Å². The maximum absolute atomic E-state index is 11.4. The molecule has 0 amide bonds. The van der Waals surface area contributed by atoms with Crippen LogP contribution < -0.4 is 0 Å². The van der Waals surface area contributed by atoms with Crippen LogP contribution in [0.15, 0.2) is 0 Å². The molecule has 0 heterocycles. The molecule has 0 aliphatic rings. The molecule has 0 spiro atoms. The standard InChI is InChI=1S/C2H5ClFOP/c1-2-6(3,4)5/h2H2,1H3. The minimum atomic E-state index is -3.67. The van der Waals surface area contributed by atoms with Gasteiger partial charge in [-0.15, -0.1) is 0 Å². The highest BCUT2D eigenvalue weighted by molar-refractivity contribution is 7.84. The summed E-state index contributed by atoms with van der Waals surface area (Å²) in [6.07, 6.45) is -0.0748. The molecule has 4 heteroatoms. The van der Waals surface area contributed by atoms with Gasteiger partial charge >= 0.3 is 6.81 Å². The maximum atomic E-state index is 11.4. The lowest BCUT2D eigenvalue weighted by molar-refractivity contribution is 0.555. The first-order valence-corrected chi connectivity index (χ1v) is 4.23. The van der Waals surface area contributed by atoms with Crippen molar-refractivity contribution in [3.05, 3.63) is 0 Å². The zero-order valence-electron chi connectivity index (χ0n) is 3.32. The van der Waals surface area contributed by atoms with E-state index in [-0.39, 0.29) is 6.16 Å². The summed E-state index contributed by atoms with van der Waals surface area (Å²) in [5, 5.41) is 0. The lowest BCUT2D eigenvalue weighted by Crippen LogP contribution is -1.61. The van der Waals surface area contributed by atoms with E-state index in [2.05, 4.69) is 11.2 Å². The van der Waals surface area contributed by atoms with Gasteiger partial charge in [-0.3, -0.25) is 4.57 Å². The highest BCUT2D eigenvalue weighted by atomic mass is 35.7. The van der Waals surface area contributed by atoms with E-state index in [1.165, 1.54) is 6.92 Å². The Hall–Kier alpha value is 0.450. The zero-order valence-corrected chi connectivity index (χ0v) is 4.97. The van der Waals surface area contributed by atoms with Crippen molar-refractivity contribution >= 4 is 18.0 Å². The molecule has 1 unspecified atom stereocenters. The minimum Gasteiger partial charge on any atom is -0.270 e. The molecule has 0 aliphatic carbocycles. The molecular formula is C2H5ClFOP. The Bertz CT molecular complexity index is 77.6. The first kappa shape index (κ1) is 6.45. The number of halogens is 2. The summed E-state index contributed by atoms with van der Waals surface area (Å²) in [6.45, 7) is -2.24. The fraction of sp³-hybridized carbons (Fsp3) is 1.00. The van der Waals surface area contributed by atoms with E-state index in [1.807, 2.05) is 0 Å². The van der Waals surface area contributed by atoms with Crippen LogP contribution in [-0.2, 0) is 4.57 Å². The van der Waals surface area contributed by atoms with Crippen LogP contribution in [0.5, 0.6) is 0 Å². The second-order valence-electron chi connectivity index (χ2n) is 0.886. The normalized spacial score (nSPS) is 19.8. The first-order valence-electron chi connectivity index (χ1n) is 1.54. The fourth-order valence-electron chi connectivity index (χ4n) is 0. The predicted molar refractivity (Wildman–Crippen MR) is 25.1 cm³/mol. The molecule has 1 nitrogen and oxygen atoms in total. The van der Waals surface area contributed by atoms with Gasteiger partial charge in [-0.05, 0) is 11.2 Å². The van der Waals surface area contributed by atoms with E-state index < -0.39 is 6.81 Å². The summed E-state index contributed by atoms with van der Waals surface area (Å²) < 4.78 is 21.1. The Morgan fingerprint density at radius 2 is 2.17 bits per heavy atom. The zero-order chi connectivity index (χ0) is 5.21. The average molecular weight is 130 g/mol. The summed E-state index contributed by atoms with van der Waals surface area (Å²) in [5.74, 6) is 0. The molecule has 1 atom stereocenters. The highest BCUT2D eigenvalue weighted by Gasteiger charge is 2.09. The topological polar surface area (TPSA) is 17.1 Å². The van der Waals surface area contributed by atoms with Crippen molar-refractivity contribution in [3.8, 4) is 0 Å². The van der Waals surface area contributed by atoms with E-state index in [1.54, 1.807) is 0 Å². The maximum Gasteiger partial charge on any atom is 0.327 e. The second kappa shape index (κ2) is 1.94. The van der Waals surface area contributed by atoms with Gasteiger partial charge in [-0.1, -0.05) is 6.92 Å². The summed E-state index contributed by atoms with van der Waals surface area (Å²) in [6, 6.07) is 0. The van der Waals surface area contributed by atoms with Gasteiger partial charge in [0.25, 0.3) is 0 Å². The molecule has 0 aromatic rings. The molecule has 0 bridgehead atoms. The van der Waals surface area contributed by atoms with Crippen molar-refractivity contribution in [1.29, 1.82) is 0 Å². The molecule has 0 N–H and O–H groups in total. The summed E-state index contributed by atoms with van der Waals surface area (Å²) in [5.41, 5.74) is 0. The Labute approximate surface area is 40.8 Å². The molecule has 0 radical (unpaired) electrons. The molecule has 0 saturated carbocycles. The van der Waals surface area contributed by atoms with Gasteiger partial charge < -0.3 is 0 Å². The van der Waals surface area contributed by atoms with Crippen molar-refractivity contribution in [1.82, 2.24) is 0 Å². The summed E-state index contributed by atoms with van der Waals surface area (Å²) in [4.78, 5) is 0. The van der Waals surface area contributed by atoms with Crippen LogP contribution in [0.2, 0.25) is 0 Å². The van der Waals surface area contributed by atoms with Crippen LogP contribution in [-0.4, -0.2) is 6.16 Å². The van der Waals surface area contributed by atoms with E-state index in [9.17, 15) is 8.76 Å². The third-order valence-electron chi connectivity index (χ3n) is 0.368. The molecule has 0 rings (SSSR count). The van der Waals surface area contributed by atoms with Gasteiger partial charge in [-0.2, -0.15) is 4.20 Å². The molecular weight excluding hydrogens is 125 g/mol. The lowest BCUT2D eigenvalue weighted by Gasteiger charge is -1.86. The third-order valence-corrected chi connectivity index (χ3v) is 1.82. The van der Waals surface area contributed by atoms with Gasteiger partial charge in [0.05, 0.1) is 0 Å². The van der Waals surface area contributed by atoms with Gasteiger partial charge in [-0.25, -0.2) is 0 Å². The van der Waals surface area contributed by atoms with Crippen molar-refractivity contribution in [3.63, 3.8) is 0 Å². The molecule has 0 fully saturated rings. The van der Waals surface area contributed by atoms with Gasteiger partial charge in [0.15, 0.2) is 0 Å². The largest absolute Gasteiger partial charge is 0.327 e. The third kappa shape index (κ3) is 4.45. The van der Waals surface area contributed by atoms with Crippen LogP contribution >= 0.6 is 18.0 Å². The van der Waals surface area contributed by atoms with E-state index >= 15 is 0 Å². The van der Waals surface area contributed by atoms with Crippen LogP contribution in [0.4, 0.5) is 4.20 Å². The predicted octanol–water partition coefficient (Wildman–Crippen LogP) is 2.41. The SMILES string of the molecule is CCP(=O)(F)Cl. The fourth-order valence-corrected chi connectivity index (χ4v) is 0. The number of hydrogen-bond donors (Lipinski definition) is 0. The molecule has 0 aromatic heterocycles. The van der Waals surface area contributed by atoms with Gasteiger partial charge in [0, 0.05) is 6.16 Å². The monoisotopic (exact) mass is 130 g/mol. The van der Waals surface area contributed by atoms with Crippen molar-refractivity contribution in [2.75, 3.05) is 6.16 Å². The van der Waals surface area contributed by atoms with E-state index in [0.717, 1.165) is 0 Å². The van der Waals surface area contributed by atoms with Crippen LogP contribution in [0.3, 0.4) is 0 Å². The van der Waals surface area contributed by atoms with E-state index in [0.29, 0.717) is 0 Å². The second-order valence-corrected chi connectivity index (χ2v) is 4.17. The molecule has 38 valence electrons. The number of hydrogen-bond acceptors (Lipinski definition) is 1. The highest BCUT2D eigenvalue weighted by Crippen LogP contribution is 2.51. The molecule has 6 heavy (non-hydrogen) atoms. The summed E-state index contributed by atoms with van der Waals surface area (Å²) >= 11 is 4.61. The summed E-state index contributed by atoms with van der Waals surface area (Å²) in [7, 11) is 0. The van der Waals surface area contributed by atoms with Crippen molar-refractivity contribution in [2.24, 2.45) is 0 Å². The average Bonchev–Trinajstić information content (AvgIpc) is 1.35. The van der Waals surface area contributed by atoms with Crippen molar-refractivity contribution < 1.29 is 8.76 Å². The Kier molecular flexibility index (Phi) is 2.09. The Morgan fingerprint density at radius 1 is 2.00 bits per heavy atom. The smallest absolute Gasteiger partial charge is 0.270 e. The molecule has 0 aromatic carbocycles. The van der Waals surface area contributed by atoms with Crippen LogP contribution in [0.25, 0.3) is 0 Å². The van der Waals surface area contributed by atoms with Crippen LogP contribution in [0.1, 0.15) is 6.92 Å². The Balaban J connectivity index is 3.48. The van der Waals surface area contributed by atoms with Gasteiger partial charge in [0.2, 0.25) is 0 Å². The minimum absolute atomic E-state index is 0.0748. The lowest BCUT2D eigenvalue weighted by atomic mass is 11.0. The quantitative estimate of drug-likeness (QED) is 0.498.